The van der Waals surface area contributed by atoms with Crippen molar-refractivity contribution < 1.29 is 9.59 Å². The molecule has 0 spiro atoms. The molecule has 0 saturated carbocycles. The van der Waals surface area contributed by atoms with Crippen molar-refractivity contribution in [1.29, 1.82) is 0 Å². The Morgan fingerprint density at radius 2 is 0.557 bits per heavy atom. The van der Waals surface area contributed by atoms with Gasteiger partial charge in [0.2, 0.25) is 0 Å². The zero-order valence-corrected chi connectivity index (χ0v) is 54.9. The van der Waals surface area contributed by atoms with E-state index in [9.17, 15) is 0 Å². The predicted molar refractivity (Wildman–Crippen MR) is 352 cm³/mol. The highest BCUT2D eigenvalue weighted by atomic mass is 32.1. The quantitative estimate of drug-likeness (QED) is 0.0529. The number of hydrogen-bond acceptors (Lipinski definition) is 5. The molecule has 2 aliphatic rings. The lowest BCUT2D eigenvalue weighted by Gasteiger charge is -2.29. The minimum atomic E-state index is 0.0711. The first kappa shape index (κ1) is 67.3. The number of carbonyl (C=O) groups excluding carboxylic acids is 2. The van der Waals surface area contributed by atoms with Gasteiger partial charge in [-0.2, -0.15) is 0 Å². The number of rotatable bonds is 49. The standard InChI is InChI=1S/C72H118N2O2S3/c1-9-13-17-21-25-29-31-35-39-43-47-59(45-41-37-33-27-23-19-15-11-3)55-73-69(65-53-50-62(78-65)58(7)8)67-68(72(73)76)70(66-54-52-64(79-66)63-51-49-61(77-63)57(5)6)74(71(67)75)56-60(46-42-38-34-28-24-20-16-12-4)48-44-40-36-32-30-26-22-18-14-10-2/h49-54,57-60H,9-48,55-56H2,1-8H3. The van der Waals surface area contributed by atoms with E-state index in [4.69, 9.17) is 0 Å². The second-order valence-corrected chi connectivity index (χ2v) is 28.7. The number of nitrogens with zero attached hydrogens (tertiary/aromatic N) is 2. The van der Waals surface area contributed by atoms with E-state index in [1.54, 1.807) is 11.3 Å². The summed E-state index contributed by atoms with van der Waals surface area (Å²) in [4.78, 5) is 43.7. The van der Waals surface area contributed by atoms with Gasteiger partial charge in [-0.1, -0.05) is 287 Å². The van der Waals surface area contributed by atoms with Crippen LogP contribution < -0.4 is 0 Å². The molecule has 3 aromatic rings. The van der Waals surface area contributed by atoms with Gasteiger partial charge in [0.1, 0.15) is 0 Å². The molecule has 0 aromatic carbocycles. The summed E-state index contributed by atoms with van der Waals surface area (Å²) in [5.74, 6) is 1.81. The first-order valence-corrected chi connectivity index (χ1v) is 36.5. The van der Waals surface area contributed by atoms with Gasteiger partial charge in [0.25, 0.3) is 11.8 Å². The molecule has 4 nitrogen and oxygen atoms in total. The fraction of sp³-hybridized carbons (Fsp3) is 0.750. The van der Waals surface area contributed by atoms with Crippen molar-refractivity contribution in [2.75, 3.05) is 13.1 Å². The van der Waals surface area contributed by atoms with Crippen molar-refractivity contribution in [2.24, 2.45) is 11.8 Å². The van der Waals surface area contributed by atoms with Gasteiger partial charge in [0.15, 0.2) is 0 Å². The lowest BCUT2D eigenvalue weighted by molar-refractivity contribution is -0.124. The third-order valence-corrected chi connectivity index (χ3v) is 21.7. The molecule has 79 heavy (non-hydrogen) atoms. The number of fused-ring (bicyclic) bond motifs is 1. The molecule has 2 amide bonds. The van der Waals surface area contributed by atoms with Crippen LogP contribution in [-0.4, -0.2) is 34.7 Å². The molecule has 5 heterocycles. The topological polar surface area (TPSA) is 40.6 Å². The van der Waals surface area contributed by atoms with E-state index in [-0.39, 0.29) is 11.8 Å². The summed E-state index contributed by atoms with van der Waals surface area (Å²) in [5, 5.41) is 0. The lowest BCUT2D eigenvalue weighted by atomic mass is 9.93. The summed E-state index contributed by atoms with van der Waals surface area (Å²) in [6, 6.07) is 13.6. The first-order chi connectivity index (χ1) is 38.6. The Kier molecular flexibility index (Phi) is 34.0. The molecule has 446 valence electrons. The number of unbranched alkanes of at least 4 members (excludes halogenated alkanes) is 32. The molecular formula is C72H118N2O2S3. The predicted octanol–water partition coefficient (Wildman–Crippen LogP) is 24.5. The maximum atomic E-state index is 16.0. The fourth-order valence-electron chi connectivity index (χ4n) is 12.6. The van der Waals surface area contributed by atoms with Crippen LogP contribution in [-0.2, 0) is 9.59 Å². The van der Waals surface area contributed by atoms with Gasteiger partial charge in [-0.3, -0.25) is 9.59 Å². The summed E-state index contributed by atoms with van der Waals surface area (Å²) < 4.78 is 0. The largest absolute Gasteiger partial charge is 0.306 e. The van der Waals surface area contributed by atoms with Gasteiger partial charge in [-0.15, -0.1) is 34.0 Å². The Bertz CT molecular complexity index is 2170. The van der Waals surface area contributed by atoms with Crippen LogP contribution in [0.25, 0.3) is 21.1 Å². The Morgan fingerprint density at radius 1 is 0.316 bits per heavy atom. The first-order valence-electron chi connectivity index (χ1n) is 34.1. The molecular weight excluding hydrogens is 1020 g/mol. The average molecular weight is 1140 g/mol. The second kappa shape index (κ2) is 39.9. The van der Waals surface area contributed by atoms with E-state index in [1.165, 1.54) is 251 Å². The third-order valence-electron chi connectivity index (χ3n) is 17.6. The lowest BCUT2D eigenvalue weighted by Crippen LogP contribution is -2.34. The molecule has 0 radical (unpaired) electrons. The minimum Gasteiger partial charge on any atom is -0.306 e. The zero-order valence-electron chi connectivity index (χ0n) is 52.4. The van der Waals surface area contributed by atoms with Gasteiger partial charge in [-0.25, -0.2) is 0 Å². The maximum absolute atomic E-state index is 16.0. The number of hydrogen-bond donors (Lipinski definition) is 0. The van der Waals surface area contributed by atoms with Crippen molar-refractivity contribution >= 4 is 57.2 Å². The zero-order chi connectivity index (χ0) is 56.5. The molecule has 2 atom stereocenters. The van der Waals surface area contributed by atoms with E-state index in [0.717, 1.165) is 46.8 Å². The maximum Gasteiger partial charge on any atom is 0.261 e. The van der Waals surface area contributed by atoms with Crippen LogP contribution in [0.1, 0.15) is 344 Å². The van der Waals surface area contributed by atoms with E-state index in [2.05, 4.69) is 102 Å². The molecule has 2 unspecified atom stereocenters. The molecule has 0 N–H and O–H groups in total. The Labute approximate surface area is 499 Å². The Hall–Kier alpha value is -2.48. The van der Waals surface area contributed by atoms with Gasteiger partial charge in [0, 0.05) is 32.6 Å². The van der Waals surface area contributed by atoms with Crippen molar-refractivity contribution in [3.8, 4) is 9.75 Å². The monoisotopic (exact) mass is 1140 g/mol. The summed E-state index contributed by atoms with van der Waals surface area (Å²) in [6.07, 6.45) is 52.3. The summed E-state index contributed by atoms with van der Waals surface area (Å²) in [7, 11) is 0. The van der Waals surface area contributed by atoms with Crippen molar-refractivity contribution in [3.05, 3.63) is 67.1 Å². The molecule has 5 rings (SSSR count). The number of carbonyl (C=O) groups is 2. The molecule has 0 aliphatic carbocycles. The summed E-state index contributed by atoms with van der Waals surface area (Å²) in [6.45, 7) is 19.7. The van der Waals surface area contributed by atoms with Gasteiger partial charge in [0.05, 0.1) is 32.3 Å². The molecule has 7 heteroatoms. The molecule has 0 bridgehead atoms. The van der Waals surface area contributed by atoms with Gasteiger partial charge in [-0.05, 0) is 85.8 Å². The van der Waals surface area contributed by atoms with E-state index < -0.39 is 0 Å². The highest BCUT2D eigenvalue weighted by molar-refractivity contribution is 7.22. The van der Waals surface area contributed by atoms with Crippen molar-refractivity contribution in [1.82, 2.24) is 9.80 Å². The SMILES string of the molecule is CCCCCCCCCCCCC(CCCCCCCCCC)CN1C(=O)C2=C(c3ccc(C(C)C)s3)N(CC(CCCCCCCCCC)CCCCCCCCCCCC)C(=O)C2=C1c1ccc(-c2ccc(C(C)C)s2)s1. The fourth-order valence-corrected chi connectivity index (χ4v) is 15.8. The minimum absolute atomic E-state index is 0.0711. The number of thiophene rings is 3. The molecule has 0 fully saturated rings. The molecule has 2 aliphatic heterocycles. The summed E-state index contributed by atoms with van der Waals surface area (Å²) in [5.41, 5.74) is 3.20. The van der Waals surface area contributed by atoms with Crippen molar-refractivity contribution in [2.45, 2.75) is 324 Å². The second-order valence-electron chi connectivity index (χ2n) is 25.4. The third kappa shape index (κ3) is 23.2. The average Bonchev–Trinajstić information content (AvgIpc) is 4.38. The Balaban J connectivity index is 1.48. The van der Waals surface area contributed by atoms with Gasteiger partial charge < -0.3 is 9.80 Å². The van der Waals surface area contributed by atoms with Crippen LogP contribution >= 0.6 is 34.0 Å². The van der Waals surface area contributed by atoms with Crippen LogP contribution in [0.2, 0.25) is 0 Å². The van der Waals surface area contributed by atoms with Crippen LogP contribution in [0.3, 0.4) is 0 Å². The number of amides is 2. The van der Waals surface area contributed by atoms with Crippen molar-refractivity contribution in [3.63, 3.8) is 0 Å². The van der Waals surface area contributed by atoms with Crippen LogP contribution in [0, 0.1) is 11.8 Å². The van der Waals surface area contributed by atoms with Crippen LogP contribution in [0.15, 0.2) is 47.5 Å². The highest BCUT2D eigenvalue weighted by Gasteiger charge is 2.50. The van der Waals surface area contributed by atoms with Crippen LogP contribution in [0.4, 0.5) is 0 Å². The van der Waals surface area contributed by atoms with Crippen LogP contribution in [0.5, 0.6) is 0 Å². The van der Waals surface area contributed by atoms with E-state index >= 15 is 9.59 Å². The van der Waals surface area contributed by atoms with Gasteiger partial charge >= 0.3 is 0 Å². The molecule has 0 saturated heterocycles. The highest BCUT2D eigenvalue weighted by Crippen LogP contribution is 2.51. The smallest absolute Gasteiger partial charge is 0.261 e. The normalized spacial score (nSPS) is 14.7. The Morgan fingerprint density at radius 3 is 0.861 bits per heavy atom. The van der Waals surface area contributed by atoms with E-state index in [0.29, 0.717) is 47.9 Å². The summed E-state index contributed by atoms with van der Waals surface area (Å²) >= 11 is 5.49. The molecule has 3 aromatic heterocycles. The van der Waals surface area contributed by atoms with E-state index in [1.807, 2.05) is 22.7 Å².